The predicted octanol–water partition coefficient (Wildman–Crippen LogP) is 3.64. The Balaban J connectivity index is 1.49. The van der Waals surface area contributed by atoms with Gasteiger partial charge in [-0.3, -0.25) is 9.78 Å². The number of amides is 1. The molecule has 2 radical (unpaired) electrons. The van der Waals surface area contributed by atoms with Crippen molar-refractivity contribution in [2.24, 2.45) is 5.73 Å². The lowest BCUT2D eigenvalue weighted by atomic mass is 9.88. The molecule has 33 heavy (non-hydrogen) atoms. The van der Waals surface area contributed by atoms with Gasteiger partial charge in [-0.2, -0.15) is 0 Å². The van der Waals surface area contributed by atoms with Gasteiger partial charge in [-0.25, -0.2) is 4.98 Å². The lowest BCUT2D eigenvalue weighted by Crippen LogP contribution is -2.43. The maximum absolute atomic E-state index is 13.2. The second kappa shape index (κ2) is 8.96. The third-order valence-electron chi connectivity index (χ3n) is 6.03. The number of thiazole rings is 1. The van der Waals surface area contributed by atoms with E-state index in [1.165, 1.54) is 11.3 Å². The third kappa shape index (κ3) is 4.24. The van der Waals surface area contributed by atoms with Crippen LogP contribution in [0, 0.1) is 6.92 Å². The van der Waals surface area contributed by atoms with E-state index in [1.54, 1.807) is 11.6 Å². The Bertz CT molecular complexity index is 1320. The Kier molecular flexibility index (Phi) is 5.87. The van der Waals surface area contributed by atoms with Crippen LogP contribution < -0.4 is 21.4 Å². The first kappa shape index (κ1) is 21.6. The largest absolute Gasteiger partial charge is 0.368 e. The molecule has 1 unspecified atom stereocenters. The number of benzene rings is 2. The van der Waals surface area contributed by atoms with Crippen molar-refractivity contribution < 1.29 is 4.79 Å². The van der Waals surface area contributed by atoms with Crippen LogP contribution in [0.25, 0.3) is 21.5 Å². The fourth-order valence-electron chi connectivity index (χ4n) is 4.43. The van der Waals surface area contributed by atoms with Crippen molar-refractivity contribution in [1.82, 2.24) is 9.97 Å². The van der Waals surface area contributed by atoms with Crippen LogP contribution in [-0.4, -0.2) is 42.9 Å². The van der Waals surface area contributed by atoms with E-state index in [-0.39, 0.29) is 11.9 Å². The zero-order valence-electron chi connectivity index (χ0n) is 18.4. The summed E-state index contributed by atoms with van der Waals surface area (Å²) in [7, 11) is 6.17. The molecule has 1 aliphatic heterocycles. The summed E-state index contributed by atoms with van der Waals surface area (Å²) < 4.78 is 0. The van der Waals surface area contributed by atoms with E-state index in [4.69, 9.17) is 13.6 Å². The van der Waals surface area contributed by atoms with Gasteiger partial charge < -0.3 is 16.0 Å². The van der Waals surface area contributed by atoms with Gasteiger partial charge in [-0.1, -0.05) is 41.9 Å². The molecular formula is C25H24BN5OS. The summed E-state index contributed by atoms with van der Waals surface area (Å²) in [6.45, 7) is 3.62. The molecule has 1 aliphatic rings. The van der Waals surface area contributed by atoms with Crippen LogP contribution >= 0.6 is 11.3 Å². The van der Waals surface area contributed by atoms with E-state index in [0.29, 0.717) is 16.8 Å². The molecule has 1 atom stereocenters. The molecule has 8 heteroatoms. The summed E-state index contributed by atoms with van der Waals surface area (Å²) in [6.07, 6.45) is 3.74. The summed E-state index contributed by atoms with van der Waals surface area (Å²) in [5, 5.41) is 6.55. The van der Waals surface area contributed by atoms with Crippen LogP contribution in [0.2, 0.25) is 0 Å². The fraction of sp³-hybridized carbons (Fsp3) is 0.240. The highest BCUT2D eigenvalue weighted by molar-refractivity contribution is 7.13. The average Bonchev–Trinajstić information content (AvgIpc) is 3.29. The number of nitrogens with one attached hydrogen (secondary N) is 1. The Hall–Kier alpha value is -3.23. The molecule has 3 heterocycles. The van der Waals surface area contributed by atoms with Gasteiger partial charge in [-0.15, -0.1) is 11.3 Å². The fourth-order valence-corrected chi connectivity index (χ4v) is 5.36. The number of fused-ring (bicyclic) bond motifs is 1. The smallest absolute Gasteiger partial charge is 0.275 e. The first-order chi connectivity index (χ1) is 16.0. The SMILES string of the molecule is [B]c1cccc(C)c1-c1nc(C(=O)Nc2cnc3ccccc3c2N2CCCC(N)C2)cs1. The summed E-state index contributed by atoms with van der Waals surface area (Å²) >= 11 is 1.41. The van der Waals surface area contributed by atoms with Crippen molar-refractivity contribution in [3.05, 3.63) is 65.3 Å². The number of hydrogen-bond acceptors (Lipinski definition) is 6. The molecule has 0 aliphatic carbocycles. The molecule has 2 aromatic heterocycles. The molecule has 1 saturated heterocycles. The Labute approximate surface area is 198 Å². The zero-order valence-corrected chi connectivity index (χ0v) is 19.2. The van der Waals surface area contributed by atoms with Gasteiger partial charge in [0.2, 0.25) is 0 Å². The Morgan fingerprint density at radius 1 is 1.24 bits per heavy atom. The summed E-state index contributed by atoms with van der Waals surface area (Å²) in [5.41, 5.74) is 11.7. The van der Waals surface area contributed by atoms with Gasteiger partial charge in [-0.05, 0) is 31.4 Å². The van der Waals surface area contributed by atoms with Crippen molar-refractivity contribution in [3.63, 3.8) is 0 Å². The number of hydrogen-bond donors (Lipinski definition) is 2. The summed E-state index contributed by atoms with van der Waals surface area (Å²) in [6, 6.07) is 13.8. The highest BCUT2D eigenvalue weighted by Crippen LogP contribution is 2.35. The second-order valence-corrected chi connectivity index (χ2v) is 9.28. The average molecular weight is 453 g/mol. The van der Waals surface area contributed by atoms with Crippen molar-refractivity contribution in [2.45, 2.75) is 25.8 Å². The maximum atomic E-state index is 13.2. The Morgan fingerprint density at radius 2 is 2.09 bits per heavy atom. The van der Waals surface area contributed by atoms with E-state index in [2.05, 4.69) is 20.2 Å². The number of pyridine rings is 1. The van der Waals surface area contributed by atoms with Gasteiger partial charge in [0.25, 0.3) is 5.91 Å². The highest BCUT2D eigenvalue weighted by Gasteiger charge is 2.23. The van der Waals surface area contributed by atoms with Gasteiger partial charge in [0.05, 0.1) is 23.1 Å². The monoisotopic (exact) mass is 453 g/mol. The standard InChI is InChI=1S/C25H24BN5OS/c1-15-6-4-9-18(26)22(15)25-30-21(14-33-25)24(32)29-20-12-28-19-10-3-2-8-17(19)23(20)31-11-5-7-16(27)13-31/h2-4,6,8-10,12,14,16H,5,7,11,13,27H2,1H3,(H,29,32). The molecular weight excluding hydrogens is 429 g/mol. The van der Waals surface area contributed by atoms with Crippen LogP contribution in [-0.2, 0) is 0 Å². The first-order valence-electron chi connectivity index (χ1n) is 11.0. The third-order valence-corrected chi connectivity index (χ3v) is 6.88. The number of anilines is 2. The van der Waals surface area contributed by atoms with E-state index >= 15 is 0 Å². The minimum atomic E-state index is -0.274. The molecule has 164 valence electrons. The Morgan fingerprint density at radius 3 is 2.91 bits per heavy atom. The molecule has 1 amide bonds. The number of carbonyl (C=O) groups excluding carboxylic acids is 1. The molecule has 2 aromatic carbocycles. The normalized spacial score (nSPS) is 16.2. The number of nitrogens with zero attached hydrogens (tertiary/aromatic N) is 3. The number of rotatable bonds is 4. The molecule has 3 N–H and O–H groups in total. The lowest BCUT2D eigenvalue weighted by Gasteiger charge is -2.34. The van der Waals surface area contributed by atoms with E-state index < -0.39 is 0 Å². The van der Waals surface area contributed by atoms with Crippen LogP contribution in [0.1, 0.15) is 28.9 Å². The van der Waals surface area contributed by atoms with Crippen LogP contribution in [0.5, 0.6) is 0 Å². The van der Waals surface area contributed by atoms with Crippen molar-refractivity contribution in [3.8, 4) is 10.6 Å². The zero-order chi connectivity index (χ0) is 22.9. The minimum Gasteiger partial charge on any atom is -0.368 e. The lowest BCUT2D eigenvalue weighted by molar-refractivity contribution is 0.102. The van der Waals surface area contributed by atoms with Gasteiger partial charge in [0, 0.05) is 35.5 Å². The molecule has 6 nitrogen and oxygen atoms in total. The van der Waals surface area contributed by atoms with E-state index in [9.17, 15) is 4.79 Å². The van der Waals surface area contributed by atoms with E-state index in [1.807, 2.05) is 49.4 Å². The predicted molar refractivity (Wildman–Crippen MR) is 137 cm³/mol. The topological polar surface area (TPSA) is 84.1 Å². The first-order valence-corrected chi connectivity index (χ1v) is 11.9. The number of aromatic nitrogens is 2. The molecule has 1 fully saturated rings. The number of piperidine rings is 1. The molecule has 4 aromatic rings. The maximum Gasteiger partial charge on any atom is 0.275 e. The van der Waals surface area contributed by atoms with Crippen molar-refractivity contribution in [1.29, 1.82) is 0 Å². The highest BCUT2D eigenvalue weighted by atomic mass is 32.1. The molecule has 0 saturated carbocycles. The van der Waals surface area contributed by atoms with Crippen molar-refractivity contribution >= 4 is 52.8 Å². The number of para-hydroxylation sites is 1. The van der Waals surface area contributed by atoms with Crippen LogP contribution in [0.4, 0.5) is 11.4 Å². The van der Waals surface area contributed by atoms with Crippen molar-refractivity contribution in [2.75, 3.05) is 23.3 Å². The molecule has 5 rings (SSSR count). The molecule has 0 spiro atoms. The number of aryl methyl sites for hydroxylation is 1. The van der Waals surface area contributed by atoms with Gasteiger partial charge >= 0.3 is 0 Å². The minimum absolute atomic E-state index is 0.106. The van der Waals surface area contributed by atoms with Gasteiger partial charge in [0.1, 0.15) is 18.5 Å². The quantitative estimate of drug-likeness (QED) is 0.461. The molecule has 0 bridgehead atoms. The van der Waals surface area contributed by atoms with E-state index in [0.717, 1.165) is 58.7 Å². The number of carbonyl (C=O) groups is 1. The second-order valence-electron chi connectivity index (χ2n) is 8.42. The summed E-state index contributed by atoms with van der Waals surface area (Å²) in [4.78, 5) is 24.6. The number of nitrogens with two attached hydrogens (primary N) is 1. The van der Waals surface area contributed by atoms with Crippen LogP contribution in [0.3, 0.4) is 0 Å². The van der Waals surface area contributed by atoms with Crippen LogP contribution in [0.15, 0.2) is 54.0 Å². The summed E-state index contributed by atoms with van der Waals surface area (Å²) in [5.74, 6) is -0.274. The van der Waals surface area contributed by atoms with Gasteiger partial charge in [0.15, 0.2) is 0 Å².